The minimum Gasteiger partial charge on any atom is -0.394 e. The molecule has 1 N–H and O–H groups in total. The summed E-state index contributed by atoms with van der Waals surface area (Å²) in [4.78, 5) is 0. The Hall–Kier alpha value is -0.0800. The van der Waals surface area contributed by atoms with Crippen molar-refractivity contribution in [2.24, 2.45) is 0 Å². The second kappa shape index (κ2) is 15.0. The number of aliphatic hydroxyl groups is 1. The van der Waals surface area contributed by atoms with Crippen LogP contribution >= 0.6 is 0 Å². The molecule has 0 bridgehead atoms. The summed E-state index contributed by atoms with van der Waals surface area (Å²) in [6.45, 7) is 5.14. The first-order valence-electron chi connectivity index (χ1n) is 8.07. The molecule has 1 unspecified atom stereocenters. The van der Waals surface area contributed by atoms with Crippen LogP contribution in [0.5, 0.6) is 0 Å². The molecule has 0 aliphatic heterocycles. The summed E-state index contributed by atoms with van der Waals surface area (Å²) in [7, 11) is 0. The van der Waals surface area contributed by atoms with Gasteiger partial charge in [-0.25, -0.2) is 0 Å². The van der Waals surface area contributed by atoms with E-state index in [-0.39, 0.29) is 6.61 Å². The van der Waals surface area contributed by atoms with E-state index in [1.54, 1.807) is 0 Å². The number of unbranched alkanes of at least 4 members (excludes halogenated alkanes) is 7. The highest BCUT2D eigenvalue weighted by molar-refractivity contribution is 4.59. The summed E-state index contributed by atoms with van der Waals surface area (Å²) in [5.74, 6) is 0. The Morgan fingerprint density at radius 1 is 0.778 bits per heavy atom. The van der Waals surface area contributed by atoms with Gasteiger partial charge in [0.2, 0.25) is 0 Å². The third-order valence-electron chi connectivity index (χ3n) is 3.45. The van der Waals surface area contributed by atoms with E-state index in [0.717, 1.165) is 6.42 Å². The summed E-state index contributed by atoms with van der Waals surface area (Å²) in [5.41, 5.74) is 0. The van der Waals surface area contributed by atoms with Crippen LogP contribution < -0.4 is 0 Å². The van der Waals surface area contributed by atoms with Crippen molar-refractivity contribution < 1.29 is 9.84 Å². The second-order valence-electron chi connectivity index (χ2n) is 5.27. The van der Waals surface area contributed by atoms with E-state index in [4.69, 9.17) is 9.84 Å². The monoisotopic (exact) mass is 258 g/mol. The lowest BCUT2D eigenvalue weighted by atomic mass is 10.0. The average molecular weight is 258 g/mol. The van der Waals surface area contributed by atoms with Crippen molar-refractivity contribution in [3.63, 3.8) is 0 Å². The molecule has 0 saturated heterocycles. The zero-order valence-electron chi connectivity index (χ0n) is 12.6. The summed E-state index contributed by atoms with van der Waals surface area (Å²) in [5, 5.41) is 8.81. The van der Waals surface area contributed by atoms with E-state index in [0.29, 0.717) is 12.7 Å². The van der Waals surface area contributed by atoms with E-state index in [2.05, 4.69) is 13.8 Å². The van der Waals surface area contributed by atoms with Gasteiger partial charge in [0.15, 0.2) is 0 Å². The van der Waals surface area contributed by atoms with Crippen molar-refractivity contribution in [3.8, 4) is 0 Å². The third-order valence-corrected chi connectivity index (χ3v) is 3.45. The molecule has 0 aliphatic carbocycles. The first-order chi connectivity index (χ1) is 8.85. The molecular weight excluding hydrogens is 224 g/mol. The van der Waals surface area contributed by atoms with Crippen molar-refractivity contribution in [1.82, 2.24) is 0 Å². The fourth-order valence-electron chi connectivity index (χ4n) is 2.29. The molecule has 0 amide bonds. The van der Waals surface area contributed by atoms with Crippen LogP contribution in [0, 0.1) is 0 Å². The summed E-state index contributed by atoms with van der Waals surface area (Å²) in [6.07, 6.45) is 14.7. The van der Waals surface area contributed by atoms with E-state index in [9.17, 15) is 0 Å². The minimum absolute atomic E-state index is 0.152. The van der Waals surface area contributed by atoms with Crippen LogP contribution in [0.1, 0.15) is 84.5 Å². The van der Waals surface area contributed by atoms with Crippen LogP contribution in [-0.2, 0) is 4.74 Å². The molecule has 2 heteroatoms. The van der Waals surface area contributed by atoms with Gasteiger partial charge in [-0.05, 0) is 12.8 Å². The van der Waals surface area contributed by atoms with Crippen LogP contribution in [-0.4, -0.2) is 24.4 Å². The maximum absolute atomic E-state index is 8.81. The second-order valence-corrected chi connectivity index (χ2v) is 5.27. The smallest absolute Gasteiger partial charge is 0.0701 e. The van der Waals surface area contributed by atoms with Gasteiger partial charge in [-0.15, -0.1) is 0 Å². The summed E-state index contributed by atoms with van der Waals surface area (Å²) < 4.78 is 5.69. The molecule has 0 rings (SSSR count). The van der Waals surface area contributed by atoms with Gasteiger partial charge in [-0.3, -0.25) is 0 Å². The Labute approximate surface area is 114 Å². The Kier molecular flexibility index (Phi) is 14.9. The van der Waals surface area contributed by atoms with Gasteiger partial charge in [0.25, 0.3) is 0 Å². The number of ether oxygens (including phenoxy) is 1. The molecule has 18 heavy (non-hydrogen) atoms. The predicted octanol–water partition coefficient (Wildman–Crippen LogP) is 4.69. The molecule has 0 fully saturated rings. The summed E-state index contributed by atoms with van der Waals surface area (Å²) in [6, 6.07) is 0. The molecule has 0 spiro atoms. The van der Waals surface area contributed by atoms with Crippen molar-refractivity contribution in [2.75, 3.05) is 13.2 Å². The van der Waals surface area contributed by atoms with Gasteiger partial charge in [-0.1, -0.05) is 71.6 Å². The van der Waals surface area contributed by atoms with Crippen molar-refractivity contribution in [2.45, 2.75) is 90.6 Å². The quantitative estimate of drug-likeness (QED) is 0.458. The zero-order chi connectivity index (χ0) is 13.5. The highest BCUT2D eigenvalue weighted by Gasteiger charge is 2.07. The minimum atomic E-state index is 0.152. The van der Waals surface area contributed by atoms with Gasteiger partial charge in [0.1, 0.15) is 0 Å². The molecule has 0 aromatic rings. The number of hydrogen-bond donors (Lipinski definition) is 1. The topological polar surface area (TPSA) is 29.5 Å². The lowest BCUT2D eigenvalue weighted by Gasteiger charge is -2.17. The molecule has 110 valence electrons. The number of aliphatic hydroxyl groups excluding tert-OH is 1. The van der Waals surface area contributed by atoms with Gasteiger partial charge >= 0.3 is 0 Å². The molecule has 0 saturated carbocycles. The Morgan fingerprint density at radius 2 is 1.33 bits per heavy atom. The van der Waals surface area contributed by atoms with Gasteiger partial charge in [-0.2, -0.15) is 0 Å². The molecule has 0 aliphatic rings. The number of hydrogen-bond acceptors (Lipinski definition) is 2. The zero-order valence-corrected chi connectivity index (χ0v) is 12.6. The van der Waals surface area contributed by atoms with Gasteiger partial charge in [0, 0.05) is 0 Å². The lowest BCUT2D eigenvalue weighted by Crippen LogP contribution is -2.15. The average Bonchev–Trinajstić information content (AvgIpc) is 2.40. The SMILES string of the molecule is CCCCCCCCCC(CCCC)OCCO. The highest BCUT2D eigenvalue weighted by Crippen LogP contribution is 2.15. The molecule has 0 radical (unpaired) electrons. The van der Waals surface area contributed by atoms with Crippen molar-refractivity contribution >= 4 is 0 Å². The maximum Gasteiger partial charge on any atom is 0.0701 e. The van der Waals surface area contributed by atoms with Crippen LogP contribution in [0.4, 0.5) is 0 Å². The number of rotatable bonds is 14. The van der Waals surface area contributed by atoms with Crippen LogP contribution in [0.25, 0.3) is 0 Å². The fraction of sp³-hybridized carbons (Fsp3) is 1.00. The molecule has 0 heterocycles. The highest BCUT2D eigenvalue weighted by atomic mass is 16.5. The molecule has 0 aromatic carbocycles. The van der Waals surface area contributed by atoms with E-state index >= 15 is 0 Å². The van der Waals surface area contributed by atoms with E-state index in [1.165, 1.54) is 64.2 Å². The van der Waals surface area contributed by atoms with Crippen LogP contribution in [0.15, 0.2) is 0 Å². The Morgan fingerprint density at radius 3 is 1.94 bits per heavy atom. The molecular formula is C16H34O2. The van der Waals surface area contributed by atoms with E-state index < -0.39 is 0 Å². The Balaban J connectivity index is 3.43. The summed E-state index contributed by atoms with van der Waals surface area (Å²) >= 11 is 0. The predicted molar refractivity (Wildman–Crippen MR) is 79.0 cm³/mol. The van der Waals surface area contributed by atoms with Crippen LogP contribution in [0.3, 0.4) is 0 Å². The molecule has 2 nitrogen and oxygen atoms in total. The van der Waals surface area contributed by atoms with Gasteiger partial charge in [0.05, 0.1) is 19.3 Å². The van der Waals surface area contributed by atoms with Gasteiger partial charge < -0.3 is 9.84 Å². The molecule has 0 aromatic heterocycles. The lowest BCUT2D eigenvalue weighted by molar-refractivity contribution is 0.0169. The largest absolute Gasteiger partial charge is 0.394 e. The maximum atomic E-state index is 8.81. The fourth-order valence-corrected chi connectivity index (χ4v) is 2.29. The first-order valence-corrected chi connectivity index (χ1v) is 8.07. The van der Waals surface area contributed by atoms with Crippen molar-refractivity contribution in [3.05, 3.63) is 0 Å². The van der Waals surface area contributed by atoms with E-state index in [1.807, 2.05) is 0 Å². The standard InChI is InChI=1S/C16H34O2/c1-3-5-7-8-9-10-11-13-16(12-6-4-2)18-15-14-17/h16-17H,3-15H2,1-2H3. The normalized spacial score (nSPS) is 12.8. The third kappa shape index (κ3) is 12.4. The van der Waals surface area contributed by atoms with Crippen molar-refractivity contribution in [1.29, 1.82) is 0 Å². The molecule has 1 atom stereocenters. The van der Waals surface area contributed by atoms with Crippen LogP contribution in [0.2, 0.25) is 0 Å². The first kappa shape index (κ1) is 17.9. The Bertz CT molecular complexity index is 140.